The van der Waals surface area contributed by atoms with Crippen molar-refractivity contribution >= 4 is 41.3 Å². The molecule has 0 spiro atoms. The van der Waals surface area contributed by atoms with Gasteiger partial charge < -0.3 is 10.2 Å². The van der Waals surface area contributed by atoms with Crippen LogP contribution in [0.25, 0.3) is 0 Å². The number of thiazole rings is 1. The summed E-state index contributed by atoms with van der Waals surface area (Å²) in [5.74, 6) is 1.03. The summed E-state index contributed by atoms with van der Waals surface area (Å²) < 4.78 is 0. The number of likely N-dealkylation sites (tertiary alicyclic amines) is 1. The van der Waals surface area contributed by atoms with Gasteiger partial charge in [0.15, 0.2) is 5.96 Å². The minimum absolute atomic E-state index is 0. The van der Waals surface area contributed by atoms with Crippen molar-refractivity contribution in [1.82, 2.24) is 20.1 Å². The maximum atomic E-state index is 4.45. The molecule has 1 aliphatic rings. The molecule has 0 bridgehead atoms. The fourth-order valence-electron chi connectivity index (χ4n) is 3.10. The Bertz CT molecular complexity index is 487. The molecule has 0 amide bonds. The minimum Gasteiger partial charge on any atom is -0.356 e. The summed E-state index contributed by atoms with van der Waals surface area (Å²) in [6, 6.07) is 0.662. The molecule has 0 aromatic carbocycles. The maximum Gasteiger partial charge on any atom is 0.193 e. The van der Waals surface area contributed by atoms with Crippen molar-refractivity contribution in [1.29, 1.82) is 0 Å². The van der Waals surface area contributed by atoms with Crippen LogP contribution in [0.5, 0.6) is 0 Å². The fraction of sp³-hybridized carbons (Fsp3) is 0.750. The molecule has 2 rings (SSSR count). The zero-order valence-corrected chi connectivity index (χ0v) is 17.9. The largest absolute Gasteiger partial charge is 0.356 e. The van der Waals surface area contributed by atoms with E-state index in [0.29, 0.717) is 6.04 Å². The van der Waals surface area contributed by atoms with Crippen LogP contribution in [0, 0.1) is 6.92 Å². The lowest BCUT2D eigenvalue weighted by atomic mass is 10.2. The lowest BCUT2D eigenvalue weighted by molar-refractivity contribution is 0.223. The van der Waals surface area contributed by atoms with Gasteiger partial charge in [-0.05, 0) is 26.4 Å². The van der Waals surface area contributed by atoms with Gasteiger partial charge in [-0.15, -0.1) is 35.3 Å². The van der Waals surface area contributed by atoms with Gasteiger partial charge in [-0.3, -0.25) is 9.89 Å². The molecule has 1 saturated heterocycles. The molecular formula is C16H30IN5S. The highest BCUT2D eigenvalue weighted by molar-refractivity contribution is 14.0. The maximum absolute atomic E-state index is 4.45. The van der Waals surface area contributed by atoms with Crippen LogP contribution < -0.4 is 5.32 Å². The Morgan fingerprint density at radius 3 is 2.78 bits per heavy atom. The van der Waals surface area contributed by atoms with Crippen LogP contribution in [0.3, 0.4) is 0 Å². The second-order valence-electron chi connectivity index (χ2n) is 5.70. The molecule has 132 valence electrons. The highest BCUT2D eigenvalue weighted by atomic mass is 127. The van der Waals surface area contributed by atoms with Crippen LogP contribution >= 0.6 is 35.3 Å². The van der Waals surface area contributed by atoms with Gasteiger partial charge in [0, 0.05) is 50.2 Å². The zero-order chi connectivity index (χ0) is 15.9. The standard InChI is InChI=1S/C16H29N5S.HI/c1-5-20(6-2)14-8-10-21(12-14)16(17-4)18-9-7-15-19-11-13(3)22-15;/h11,14H,5-10,12H2,1-4H3,(H,17,18);1H. The first-order valence-electron chi connectivity index (χ1n) is 8.28. The molecule has 0 radical (unpaired) electrons. The molecule has 5 nitrogen and oxygen atoms in total. The number of rotatable bonds is 6. The van der Waals surface area contributed by atoms with E-state index in [1.807, 2.05) is 13.2 Å². The Balaban J connectivity index is 0.00000264. The zero-order valence-electron chi connectivity index (χ0n) is 14.7. The van der Waals surface area contributed by atoms with E-state index in [-0.39, 0.29) is 24.0 Å². The second kappa shape index (κ2) is 10.5. The third kappa shape index (κ3) is 5.86. The van der Waals surface area contributed by atoms with Gasteiger partial charge >= 0.3 is 0 Å². The number of nitrogens with one attached hydrogen (secondary N) is 1. The molecule has 7 heteroatoms. The molecule has 1 fully saturated rings. The molecule has 1 N–H and O–H groups in total. The number of nitrogens with zero attached hydrogens (tertiary/aromatic N) is 4. The van der Waals surface area contributed by atoms with E-state index in [4.69, 9.17) is 0 Å². The summed E-state index contributed by atoms with van der Waals surface area (Å²) in [5.41, 5.74) is 0. The number of aliphatic imine (C=N–C) groups is 1. The number of likely N-dealkylation sites (N-methyl/N-ethyl adjacent to an activating group) is 1. The third-order valence-electron chi connectivity index (χ3n) is 4.29. The number of hydrogen-bond donors (Lipinski definition) is 1. The van der Waals surface area contributed by atoms with Crippen LogP contribution in [-0.4, -0.2) is 66.6 Å². The van der Waals surface area contributed by atoms with E-state index in [1.165, 1.54) is 16.3 Å². The van der Waals surface area contributed by atoms with Crippen LogP contribution in [0.15, 0.2) is 11.2 Å². The summed E-state index contributed by atoms with van der Waals surface area (Å²) in [7, 11) is 1.88. The molecule has 1 aromatic heterocycles. The lowest BCUT2D eigenvalue weighted by Gasteiger charge is -2.27. The average molecular weight is 451 g/mol. The smallest absolute Gasteiger partial charge is 0.193 e. The summed E-state index contributed by atoms with van der Waals surface area (Å²) in [5, 5.41) is 4.69. The van der Waals surface area contributed by atoms with Gasteiger partial charge in [0.1, 0.15) is 0 Å². The van der Waals surface area contributed by atoms with E-state index in [0.717, 1.165) is 45.1 Å². The van der Waals surface area contributed by atoms with E-state index in [9.17, 15) is 0 Å². The van der Waals surface area contributed by atoms with Crippen molar-refractivity contribution in [3.63, 3.8) is 0 Å². The Morgan fingerprint density at radius 1 is 1.48 bits per heavy atom. The Labute approximate surface area is 161 Å². The summed E-state index contributed by atoms with van der Waals surface area (Å²) in [6.07, 6.45) is 4.14. The van der Waals surface area contributed by atoms with Crippen LogP contribution in [-0.2, 0) is 6.42 Å². The quantitative estimate of drug-likeness (QED) is 0.410. The van der Waals surface area contributed by atoms with Crippen molar-refractivity contribution in [3.05, 3.63) is 16.1 Å². The first kappa shape index (κ1) is 20.6. The van der Waals surface area contributed by atoms with E-state index < -0.39 is 0 Å². The fourth-order valence-corrected chi connectivity index (χ4v) is 3.89. The summed E-state index contributed by atoms with van der Waals surface area (Å²) >= 11 is 1.78. The third-order valence-corrected chi connectivity index (χ3v) is 5.27. The topological polar surface area (TPSA) is 43.8 Å². The Kier molecular flexibility index (Phi) is 9.38. The van der Waals surface area contributed by atoms with Crippen molar-refractivity contribution in [2.75, 3.05) is 39.8 Å². The highest BCUT2D eigenvalue weighted by Gasteiger charge is 2.27. The van der Waals surface area contributed by atoms with E-state index >= 15 is 0 Å². The van der Waals surface area contributed by atoms with Gasteiger partial charge in [0.05, 0.1) is 5.01 Å². The predicted molar refractivity (Wildman–Crippen MR) is 110 cm³/mol. The SMILES string of the molecule is CCN(CC)C1CCN(C(=NC)NCCc2ncc(C)s2)C1.I. The minimum atomic E-state index is 0. The Morgan fingerprint density at radius 2 is 2.22 bits per heavy atom. The van der Waals surface area contributed by atoms with Gasteiger partial charge in [0.25, 0.3) is 0 Å². The molecule has 1 aliphatic heterocycles. The van der Waals surface area contributed by atoms with Crippen LogP contribution in [0.4, 0.5) is 0 Å². The molecule has 0 saturated carbocycles. The van der Waals surface area contributed by atoms with Crippen molar-refractivity contribution in [2.24, 2.45) is 4.99 Å². The van der Waals surface area contributed by atoms with Crippen LogP contribution in [0.2, 0.25) is 0 Å². The average Bonchev–Trinajstić information content (AvgIpc) is 3.15. The van der Waals surface area contributed by atoms with Crippen LogP contribution in [0.1, 0.15) is 30.2 Å². The molecule has 1 aromatic rings. The number of aryl methyl sites for hydroxylation is 1. The number of halogens is 1. The van der Waals surface area contributed by atoms with Crippen molar-refractivity contribution < 1.29 is 0 Å². The molecule has 2 heterocycles. The highest BCUT2D eigenvalue weighted by Crippen LogP contribution is 2.15. The number of guanidine groups is 1. The molecule has 1 unspecified atom stereocenters. The van der Waals surface area contributed by atoms with Gasteiger partial charge in [-0.25, -0.2) is 4.98 Å². The Hall–Kier alpha value is -0.410. The lowest BCUT2D eigenvalue weighted by Crippen LogP contribution is -2.43. The van der Waals surface area contributed by atoms with E-state index in [1.54, 1.807) is 11.3 Å². The first-order valence-corrected chi connectivity index (χ1v) is 9.10. The second-order valence-corrected chi connectivity index (χ2v) is 7.02. The van der Waals surface area contributed by atoms with Crippen molar-refractivity contribution in [2.45, 2.75) is 39.7 Å². The predicted octanol–water partition coefficient (Wildman–Crippen LogP) is 2.60. The monoisotopic (exact) mass is 451 g/mol. The summed E-state index contributed by atoms with van der Waals surface area (Å²) in [4.78, 5) is 15.1. The summed E-state index contributed by atoms with van der Waals surface area (Å²) in [6.45, 7) is 11.9. The molecule has 23 heavy (non-hydrogen) atoms. The van der Waals surface area contributed by atoms with Crippen molar-refractivity contribution in [3.8, 4) is 0 Å². The first-order chi connectivity index (χ1) is 10.7. The van der Waals surface area contributed by atoms with Gasteiger partial charge in [-0.2, -0.15) is 0 Å². The molecular weight excluding hydrogens is 421 g/mol. The normalized spacial score (nSPS) is 18.4. The van der Waals surface area contributed by atoms with Gasteiger partial charge in [0.2, 0.25) is 0 Å². The molecule has 1 atom stereocenters. The molecule has 0 aliphatic carbocycles. The van der Waals surface area contributed by atoms with E-state index in [2.05, 4.69) is 45.9 Å². The number of aromatic nitrogens is 1. The van der Waals surface area contributed by atoms with Gasteiger partial charge in [-0.1, -0.05) is 13.8 Å². The number of hydrogen-bond acceptors (Lipinski definition) is 4.